The van der Waals surface area contributed by atoms with Gasteiger partial charge in [-0.25, -0.2) is 0 Å². The third-order valence-electron chi connectivity index (χ3n) is 3.76. The van der Waals surface area contributed by atoms with Gasteiger partial charge in [-0.1, -0.05) is 0 Å². The van der Waals surface area contributed by atoms with E-state index in [0.29, 0.717) is 26.4 Å². The normalized spacial score (nSPS) is 28.7. The zero-order chi connectivity index (χ0) is 19.3. The summed E-state index contributed by atoms with van der Waals surface area (Å²) in [5.41, 5.74) is 0. The first-order chi connectivity index (χ1) is 11.5. The molecule has 0 aromatic carbocycles. The van der Waals surface area contributed by atoms with Crippen molar-refractivity contribution in [2.75, 3.05) is 47.0 Å². The highest BCUT2D eigenvalue weighted by molar-refractivity contribution is 5.70. The second-order valence-corrected chi connectivity index (χ2v) is 6.38. The van der Waals surface area contributed by atoms with Crippen LogP contribution in [-0.4, -0.2) is 93.2 Å². The molecule has 2 heterocycles. The number of aliphatic hydroxyl groups is 1. The Balaban J connectivity index is 0.000000381. The fourth-order valence-corrected chi connectivity index (χ4v) is 2.36. The number of carboxylic acid groups (broad SMARTS) is 1. The van der Waals surface area contributed by atoms with Crippen molar-refractivity contribution in [1.82, 2.24) is 0 Å². The molecule has 2 rings (SSSR count). The molecular formula is C15H22F3NO6. The van der Waals surface area contributed by atoms with Gasteiger partial charge in [0.05, 0.1) is 33.9 Å². The van der Waals surface area contributed by atoms with Crippen LogP contribution in [0.1, 0.15) is 0 Å². The first kappa shape index (κ1) is 21.7. The van der Waals surface area contributed by atoms with Crippen LogP contribution in [0.3, 0.4) is 0 Å². The molecule has 0 spiro atoms. The van der Waals surface area contributed by atoms with Crippen molar-refractivity contribution in [3.05, 3.63) is 0 Å². The highest BCUT2D eigenvalue weighted by Crippen LogP contribution is 2.28. The molecule has 10 heteroatoms. The molecule has 0 unspecified atom stereocenters. The highest BCUT2D eigenvalue weighted by atomic mass is 19.4. The molecule has 0 saturated carbocycles. The summed E-state index contributed by atoms with van der Waals surface area (Å²) in [7, 11) is 4.15. The van der Waals surface area contributed by atoms with Gasteiger partial charge in [-0.2, -0.15) is 13.2 Å². The maximum atomic E-state index is 10.5. The number of carbonyl (C=O) groups excluding carboxylic acids is 1. The number of halogens is 3. The van der Waals surface area contributed by atoms with Gasteiger partial charge in [0.2, 0.25) is 0 Å². The minimum Gasteiger partial charge on any atom is -0.542 e. The van der Waals surface area contributed by atoms with Crippen LogP contribution >= 0.6 is 0 Å². The van der Waals surface area contributed by atoms with E-state index < -0.39 is 18.2 Å². The molecule has 1 N–H and O–H groups in total. The average Bonchev–Trinajstić information content (AvgIpc) is 3.02. The molecule has 144 valence electrons. The van der Waals surface area contributed by atoms with Crippen molar-refractivity contribution < 1.29 is 46.9 Å². The molecule has 0 amide bonds. The fraction of sp³-hybridized carbons (Fsp3) is 0.800. The number of hydrogen-bond acceptors (Lipinski definition) is 6. The Labute approximate surface area is 143 Å². The van der Waals surface area contributed by atoms with Gasteiger partial charge < -0.3 is 33.7 Å². The monoisotopic (exact) mass is 369 g/mol. The molecule has 2 aliphatic rings. The second-order valence-electron chi connectivity index (χ2n) is 6.38. The first-order valence-corrected chi connectivity index (χ1v) is 7.54. The summed E-state index contributed by atoms with van der Waals surface area (Å²) >= 11 is 0. The van der Waals surface area contributed by atoms with Crippen LogP contribution in [0.2, 0.25) is 0 Å². The summed E-state index contributed by atoms with van der Waals surface area (Å²) in [5.74, 6) is -0.343. The number of carboxylic acids is 1. The van der Waals surface area contributed by atoms with Crippen molar-refractivity contribution in [2.45, 2.75) is 30.6 Å². The van der Waals surface area contributed by atoms with Gasteiger partial charge in [-0.15, -0.1) is 6.42 Å². The highest BCUT2D eigenvalue weighted by Gasteiger charge is 2.47. The van der Waals surface area contributed by atoms with Crippen LogP contribution in [0.25, 0.3) is 0 Å². The Morgan fingerprint density at radius 3 is 2.44 bits per heavy atom. The van der Waals surface area contributed by atoms with Gasteiger partial charge in [-0.05, 0) is 5.92 Å². The van der Waals surface area contributed by atoms with Crippen LogP contribution in [-0.2, 0) is 19.0 Å². The van der Waals surface area contributed by atoms with Crippen molar-refractivity contribution in [2.24, 2.45) is 0 Å². The van der Waals surface area contributed by atoms with E-state index in [9.17, 15) is 18.3 Å². The Bertz CT molecular complexity index is 491. The van der Waals surface area contributed by atoms with E-state index >= 15 is 0 Å². The maximum absolute atomic E-state index is 10.5. The Kier molecular flexibility index (Phi) is 7.64. The molecule has 2 saturated heterocycles. The molecule has 2 fully saturated rings. The molecule has 25 heavy (non-hydrogen) atoms. The third-order valence-corrected chi connectivity index (χ3v) is 3.76. The van der Waals surface area contributed by atoms with E-state index in [1.165, 1.54) is 0 Å². The standard InChI is InChI=1S/C13H22NO4.C2HF3O2/c1-4-5-14(2,3)6-7-16-11-9-18-12-10(15)8-17-13(11)12;3-2(4,5)1(6)7/h1,10-13,15H,5-9H2,2-3H3;(H,6,7)/q+1;/p-1/t10-,11+,12-,13-;/m1./s1. The summed E-state index contributed by atoms with van der Waals surface area (Å²) in [6, 6.07) is 0. The lowest BCUT2D eigenvalue weighted by atomic mass is 10.1. The molecular weight excluding hydrogens is 347 g/mol. The van der Waals surface area contributed by atoms with Gasteiger partial charge in [0.1, 0.15) is 43.5 Å². The van der Waals surface area contributed by atoms with Crippen molar-refractivity contribution in [3.8, 4) is 12.3 Å². The van der Waals surface area contributed by atoms with E-state index in [1.54, 1.807) is 0 Å². The van der Waals surface area contributed by atoms with Gasteiger partial charge in [0.25, 0.3) is 0 Å². The molecule has 2 aliphatic heterocycles. The quantitative estimate of drug-likeness (QED) is 0.471. The minimum absolute atomic E-state index is 0.0713. The van der Waals surface area contributed by atoms with Crippen LogP contribution in [0, 0.1) is 12.3 Å². The summed E-state index contributed by atoms with van der Waals surface area (Å²) in [5, 5.41) is 18.4. The number of ether oxygens (including phenoxy) is 3. The number of alkyl halides is 3. The van der Waals surface area contributed by atoms with Crippen molar-refractivity contribution in [1.29, 1.82) is 0 Å². The van der Waals surface area contributed by atoms with Gasteiger partial charge >= 0.3 is 6.18 Å². The Morgan fingerprint density at radius 1 is 1.36 bits per heavy atom. The van der Waals surface area contributed by atoms with E-state index in [2.05, 4.69) is 20.0 Å². The smallest absolute Gasteiger partial charge is 0.430 e. The molecule has 0 aromatic heterocycles. The largest absolute Gasteiger partial charge is 0.542 e. The Hall–Kier alpha value is -1.38. The molecule has 0 radical (unpaired) electrons. The van der Waals surface area contributed by atoms with Crippen LogP contribution in [0.5, 0.6) is 0 Å². The van der Waals surface area contributed by atoms with Crippen LogP contribution in [0.15, 0.2) is 0 Å². The average molecular weight is 369 g/mol. The number of rotatable bonds is 5. The number of aliphatic hydroxyl groups excluding tert-OH is 1. The third kappa shape index (κ3) is 6.80. The van der Waals surface area contributed by atoms with Crippen LogP contribution in [0.4, 0.5) is 13.2 Å². The molecule has 4 atom stereocenters. The zero-order valence-electron chi connectivity index (χ0n) is 14.0. The lowest BCUT2D eigenvalue weighted by Gasteiger charge is -2.28. The number of likely N-dealkylation sites (N-methyl/N-ethyl adjacent to an activating group) is 1. The lowest BCUT2D eigenvalue weighted by molar-refractivity contribution is -0.883. The van der Waals surface area contributed by atoms with Crippen molar-refractivity contribution in [3.63, 3.8) is 0 Å². The predicted octanol–water partition coefficient (Wildman–Crippen LogP) is -1.46. The molecule has 7 nitrogen and oxygen atoms in total. The van der Waals surface area contributed by atoms with E-state index in [1.807, 2.05) is 0 Å². The minimum atomic E-state index is -5.19. The number of fused-ring (bicyclic) bond motifs is 1. The van der Waals surface area contributed by atoms with Crippen molar-refractivity contribution >= 4 is 5.97 Å². The first-order valence-electron chi connectivity index (χ1n) is 7.54. The number of quaternary nitrogens is 1. The molecule has 0 aromatic rings. The van der Waals surface area contributed by atoms with Gasteiger partial charge in [0, 0.05) is 0 Å². The summed E-state index contributed by atoms with van der Waals surface area (Å²) in [6.45, 7) is 2.99. The van der Waals surface area contributed by atoms with Gasteiger partial charge in [0.15, 0.2) is 0 Å². The summed E-state index contributed by atoms with van der Waals surface area (Å²) < 4.78 is 49.1. The fourth-order valence-electron chi connectivity index (χ4n) is 2.36. The second kappa shape index (κ2) is 8.82. The predicted molar refractivity (Wildman–Crippen MR) is 77.0 cm³/mol. The van der Waals surface area contributed by atoms with E-state index in [0.717, 1.165) is 11.0 Å². The molecule has 0 bridgehead atoms. The van der Waals surface area contributed by atoms with Crippen LogP contribution < -0.4 is 5.11 Å². The number of hydrogen-bond donors (Lipinski definition) is 1. The lowest BCUT2D eigenvalue weighted by Crippen LogP contribution is -2.43. The zero-order valence-corrected chi connectivity index (χ0v) is 14.0. The number of aliphatic carboxylic acids is 1. The topological polar surface area (TPSA) is 88.1 Å². The maximum Gasteiger partial charge on any atom is 0.430 e. The summed E-state index contributed by atoms with van der Waals surface area (Å²) in [4.78, 5) is 8.78. The Morgan fingerprint density at radius 2 is 1.92 bits per heavy atom. The SMILES string of the molecule is C#CC[N+](C)(C)CCO[C@H]1CO[C@H]2[C@@H]1OC[C@H]2O.O=C([O-])C(F)(F)F. The molecule has 0 aliphatic carbocycles. The number of nitrogens with zero attached hydrogens (tertiary/aromatic N) is 1. The summed E-state index contributed by atoms with van der Waals surface area (Å²) in [6.07, 6.45) is -0.804. The van der Waals surface area contributed by atoms with Gasteiger partial charge in [-0.3, -0.25) is 0 Å². The van der Waals surface area contributed by atoms with E-state index in [-0.39, 0.29) is 18.3 Å². The number of carbonyl (C=O) groups is 1. The number of terminal acetylenes is 1. The van der Waals surface area contributed by atoms with E-state index in [4.69, 9.17) is 30.5 Å².